The standard InChI is InChI=1S/C13H12O2S.2CH4/c1-2-15-13(14)11-8-9-16-12(11)10-6-4-3-5-7-10;;/h3-9H,2H2,1H3;2*1H4. The van der Waals surface area contributed by atoms with Crippen LogP contribution in [0.3, 0.4) is 0 Å². The molecule has 0 fully saturated rings. The molecule has 1 heterocycles. The van der Waals surface area contributed by atoms with E-state index in [0.29, 0.717) is 12.2 Å². The number of hydrogen-bond acceptors (Lipinski definition) is 3. The molecule has 2 aromatic rings. The lowest BCUT2D eigenvalue weighted by Gasteiger charge is -2.03. The lowest BCUT2D eigenvalue weighted by atomic mass is 10.1. The number of thiophene rings is 1. The second-order valence-corrected chi connectivity index (χ2v) is 4.17. The van der Waals surface area contributed by atoms with E-state index in [1.807, 2.05) is 48.7 Å². The van der Waals surface area contributed by atoms with Gasteiger partial charge in [0, 0.05) is 4.88 Å². The fraction of sp³-hybridized carbons (Fsp3) is 0.267. The van der Waals surface area contributed by atoms with Gasteiger partial charge in [0.1, 0.15) is 0 Å². The lowest BCUT2D eigenvalue weighted by Crippen LogP contribution is -2.04. The van der Waals surface area contributed by atoms with Crippen LogP contribution in [-0.4, -0.2) is 12.6 Å². The maximum absolute atomic E-state index is 11.7. The van der Waals surface area contributed by atoms with Gasteiger partial charge in [0.15, 0.2) is 0 Å². The molecule has 98 valence electrons. The number of carbonyl (C=O) groups is 1. The smallest absolute Gasteiger partial charge is 0.339 e. The van der Waals surface area contributed by atoms with Crippen molar-refractivity contribution in [2.45, 2.75) is 21.8 Å². The van der Waals surface area contributed by atoms with Crippen molar-refractivity contribution in [2.24, 2.45) is 0 Å². The molecule has 0 N–H and O–H groups in total. The van der Waals surface area contributed by atoms with Crippen LogP contribution in [0.5, 0.6) is 0 Å². The Kier molecular flexibility index (Phi) is 6.98. The van der Waals surface area contributed by atoms with E-state index in [4.69, 9.17) is 4.74 Å². The Morgan fingerprint density at radius 2 is 1.83 bits per heavy atom. The van der Waals surface area contributed by atoms with Gasteiger partial charge in [-0.25, -0.2) is 4.79 Å². The largest absolute Gasteiger partial charge is 0.462 e. The third-order valence-corrected chi connectivity index (χ3v) is 3.16. The Morgan fingerprint density at radius 1 is 1.17 bits per heavy atom. The molecular formula is C15H20O2S. The Morgan fingerprint density at radius 3 is 2.44 bits per heavy atom. The van der Waals surface area contributed by atoms with Crippen LogP contribution in [0.1, 0.15) is 32.1 Å². The highest BCUT2D eigenvalue weighted by Gasteiger charge is 2.14. The summed E-state index contributed by atoms with van der Waals surface area (Å²) in [6.07, 6.45) is 0. The highest BCUT2D eigenvalue weighted by molar-refractivity contribution is 7.14. The second-order valence-electron chi connectivity index (χ2n) is 3.25. The highest BCUT2D eigenvalue weighted by atomic mass is 32.1. The fourth-order valence-electron chi connectivity index (χ4n) is 1.49. The van der Waals surface area contributed by atoms with Crippen molar-refractivity contribution >= 4 is 17.3 Å². The summed E-state index contributed by atoms with van der Waals surface area (Å²) < 4.78 is 5.02. The minimum Gasteiger partial charge on any atom is -0.462 e. The van der Waals surface area contributed by atoms with Gasteiger partial charge < -0.3 is 4.74 Å². The Labute approximate surface area is 113 Å². The summed E-state index contributed by atoms with van der Waals surface area (Å²) >= 11 is 1.56. The Bertz CT molecular complexity index is 474. The summed E-state index contributed by atoms with van der Waals surface area (Å²) in [7, 11) is 0. The molecule has 0 unspecified atom stereocenters. The van der Waals surface area contributed by atoms with Gasteiger partial charge >= 0.3 is 5.97 Å². The molecule has 0 aliphatic rings. The summed E-state index contributed by atoms with van der Waals surface area (Å²) in [6.45, 7) is 2.22. The van der Waals surface area contributed by atoms with Gasteiger partial charge in [0.25, 0.3) is 0 Å². The van der Waals surface area contributed by atoms with Crippen LogP contribution in [0.2, 0.25) is 0 Å². The molecule has 0 saturated carbocycles. The molecule has 0 bridgehead atoms. The average Bonchev–Trinajstić information content (AvgIpc) is 2.79. The summed E-state index contributed by atoms with van der Waals surface area (Å²) in [6, 6.07) is 11.7. The summed E-state index contributed by atoms with van der Waals surface area (Å²) in [5, 5.41) is 1.91. The first kappa shape index (κ1) is 16.4. The topological polar surface area (TPSA) is 26.3 Å². The molecular weight excluding hydrogens is 244 g/mol. The predicted octanol–water partition coefficient (Wildman–Crippen LogP) is 4.86. The Hall–Kier alpha value is -1.61. The molecule has 2 nitrogen and oxygen atoms in total. The lowest BCUT2D eigenvalue weighted by molar-refractivity contribution is 0.0528. The number of esters is 1. The van der Waals surface area contributed by atoms with Gasteiger partial charge in [-0.3, -0.25) is 0 Å². The van der Waals surface area contributed by atoms with Crippen LogP contribution in [0.4, 0.5) is 0 Å². The van der Waals surface area contributed by atoms with Crippen molar-refractivity contribution in [1.29, 1.82) is 0 Å². The first-order valence-corrected chi connectivity index (χ1v) is 6.01. The summed E-state index contributed by atoms with van der Waals surface area (Å²) in [5.41, 5.74) is 1.71. The molecule has 0 radical (unpaired) electrons. The first-order chi connectivity index (χ1) is 7.83. The van der Waals surface area contributed by atoms with E-state index < -0.39 is 0 Å². The van der Waals surface area contributed by atoms with E-state index in [9.17, 15) is 4.79 Å². The van der Waals surface area contributed by atoms with Gasteiger partial charge in [-0.1, -0.05) is 45.2 Å². The number of ether oxygens (including phenoxy) is 1. The molecule has 1 aromatic carbocycles. The van der Waals surface area contributed by atoms with Crippen molar-refractivity contribution in [2.75, 3.05) is 6.61 Å². The molecule has 18 heavy (non-hydrogen) atoms. The van der Waals surface area contributed by atoms with Gasteiger partial charge in [-0.2, -0.15) is 0 Å². The molecule has 0 aliphatic carbocycles. The third-order valence-electron chi connectivity index (χ3n) is 2.20. The normalized spacial score (nSPS) is 8.94. The minimum atomic E-state index is -0.248. The fourth-order valence-corrected chi connectivity index (χ4v) is 2.38. The molecule has 0 saturated heterocycles. The van der Waals surface area contributed by atoms with Crippen LogP contribution in [-0.2, 0) is 4.74 Å². The zero-order valence-corrected chi connectivity index (χ0v) is 9.79. The maximum Gasteiger partial charge on any atom is 0.339 e. The summed E-state index contributed by atoms with van der Waals surface area (Å²) in [5.74, 6) is -0.248. The van der Waals surface area contributed by atoms with E-state index in [-0.39, 0.29) is 20.8 Å². The molecule has 2 rings (SSSR count). The van der Waals surface area contributed by atoms with E-state index in [1.54, 1.807) is 11.3 Å². The van der Waals surface area contributed by atoms with E-state index >= 15 is 0 Å². The van der Waals surface area contributed by atoms with Crippen molar-refractivity contribution < 1.29 is 9.53 Å². The molecule has 0 amide bonds. The van der Waals surface area contributed by atoms with Crippen LogP contribution in [0.15, 0.2) is 41.8 Å². The van der Waals surface area contributed by atoms with E-state index in [2.05, 4.69) is 0 Å². The van der Waals surface area contributed by atoms with Gasteiger partial charge in [0.05, 0.1) is 12.2 Å². The molecule has 1 aromatic heterocycles. The number of rotatable bonds is 3. The average molecular weight is 264 g/mol. The monoisotopic (exact) mass is 264 g/mol. The van der Waals surface area contributed by atoms with Crippen LogP contribution in [0, 0.1) is 0 Å². The van der Waals surface area contributed by atoms with Crippen molar-refractivity contribution in [1.82, 2.24) is 0 Å². The van der Waals surface area contributed by atoms with Crippen molar-refractivity contribution in [3.05, 3.63) is 47.3 Å². The molecule has 0 atom stereocenters. The van der Waals surface area contributed by atoms with E-state index in [0.717, 1.165) is 10.4 Å². The number of benzene rings is 1. The zero-order valence-electron chi connectivity index (χ0n) is 8.97. The maximum atomic E-state index is 11.7. The van der Waals surface area contributed by atoms with Crippen LogP contribution >= 0.6 is 11.3 Å². The predicted molar refractivity (Wildman–Crippen MR) is 79.2 cm³/mol. The van der Waals surface area contributed by atoms with Crippen molar-refractivity contribution in [3.63, 3.8) is 0 Å². The van der Waals surface area contributed by atoms with Crippen molar-refractivity contribution in [3.8, 4) is 10.4 Å². The minimum absolute atomic E-state index is 0. The Balaban J connectivity index is 0.00000144. The highest BCUT2D eigenvalue weighted by Crippen LogP contribution is 2.29. The molecule has 3 heteroatoms. The first-order valence-electron chi connectivity index (χ1n) is 5.13. The van der Waals surface area contributed by atoms with E-state index in [1.165, 1.54) is 0 Å². The summed E-state index contributed by atoms with van der Waals surface area (Å²) in [4.78, 5) is 12.7. The van der Waals surface area contributed by atoms with Gasteiger partial charge in [0.2, 0.25) is 0 Å². The quantitative estimate of drug-likeness (QED) is 0.740. The van der Waals surface area contributed by atoms with Crippen LogP contribution in [0.25, 0.3) is 10.4 Å². The molecule has 0 aliphatic heterocycles. The van der Waals surface area contributed by atoms with Crippen LogP contribution < -0.4 is 0 Å². The van der Waals surface area contributed by atoms with Gasteiger partial charge in [-0.05, 0) is 23.9 Å². The number of hydrogen-bond donors (Lipinski definition) is 0. The second kappa shape index (κ2) is 7.67. The number of carbonyl (C=O) groups excluding carboxylic acids is 1. The molecule has 0 spiro atoms. The third kappa shape index (κ3) is 3.44. The zero-order chi connectivity index (χ0) is 11.4. The SMILES string of the molecule is C.C.CCOC(=O)c1ccsc1-c1ccccc1. The van der Waals surface area contributed by atoms with Gasteiger partial charge in [-0.15, -0.1) is 11.3 Å².